The minimum atomic E-state index is 0.116. The van der Waals surface area contributed by atoms with Crippen molar-refractivity contribution in [1.82, 2.24) is 15.0 Å². The molecule has 2 aromatic heterocycles. The Morgan fingerprint density at radius 1 is 1.25 bits per heavy atom. The van der Waals surface area contributed by atoms with Crippen molar-refractivity contribution in [3.8, 4) is 10.7 Å². The Morgan fingerprint density at radius 2 is 2.17 bits per heavy atom. The zero-order chi connectivity index (χ0) is 16.4. The van der Waals surface area contributed by atoms with Crippen LogP contribution in [0.15, 0.2) is 46.3 Å². The molecule has 24 heavy (non-hydrogen) atoms. The lowest BCUT2D eigenvalue weighted by Gasteiger charge is -2.27. The van der Waals surface area contributed by atoms with E-state index in [4.69, 9.17) is 4.52 Å². The summed E-state index contributed by atoms with van der Waals surface area (Å²) in [6.07, 6.45) is 2.14. The summed E-state index contributed by atoms with van der Waals surface area (Å²) in [6.45, 7) is 1.26. The van der Waals surface area contributed by atoms with E-state index in [1.165, 1.54) is 11.1 Å². The molecule has 1 aliphatic rings. The molecule has 1 aliphatic carbocycles. The van der Waals surface area contributed by atoms with E-state index in [-0.39, 0.29) is 6.61 Å². The van der Waals surface area contributed by atoms with Gasteiger partial charge in [0.2, 0.25) is 11.7 Å². The molecule has 0 spiro atoms. The van der Waals surface area contributed by atoms with E-state index in [0.717, 1.165) is 17.7 Å². The summed E-state index contributed by atoms with van der Waals surface area (Å²) in [7, 11) is 0. The fourth-order valence-corrected chi connectivity index (χ4v) is 4.04. The second-order valence-electron chi connectivity index (χ2n) is 5.94. The molecule has 3 aromatic rings. The van der Waals surface area contributed by atoms with Crippen molar-refractivity contribution < 1.29 is 9.63 Å². The van der Waals surface area contributed by atoms with Gasteiger partial charge in [-0.05, 0) is 35.4 Å². The highest BCUT2D eigenvalue weighted by molar-refractivity contribution is 7.13. The number of aromatic nitrogens is 2. The van der Waals surface area contributed by atoms with E-state index >= 15 is 0 Å². The molecule has 124 valence electrons. The van der Waals surface area contributed by atoms with Crippen LogP contribution in [-0.4, -0.2) is 33.3 Å². The highest BCUT2D eigenvalue weighted by atomic mass is 32.1. The lowest BCUT2D eigenvalue weighted by atomic mass is 10.1. The largest absolute Gasteiger partial charge is 0.395 e. The number of benzene rings is 1. The first kappa shape index (κ1) is 15.5. The van der Waals surface area contributed by atoms with E-state index in [0.29, 0.717) is 30.8 Å². The summed E-state index contributed by atoms with van der Waals surface area (Å²) in [5, 5.41) is 15.5. The molecule has 0 aliphatic heterocycles. The zero-order valence-electron chi connectivity index (χ0n) is 13.3. The molecule has 1 N–H and O–H groups in total. The van der Waals surface area contributed by atoms with Crippen LogP contribution in [0, 0.1) is 0 Å². The predicted octanol–water partition coefficient (Wildman–Crippen LogP) is 3.28. The van der Waals surface area contributed by atoms with E-state index in [2.05, 4.69) is 39.3 Å². The van der Waals surface area contributed by atoms with Gasteiger partial charge in [0.05, 0.1) is 18.0 Å². The Labute approximate surface area is 144 Å². The van der Waals surface area contributed by atoms with Gasteiger partial charge in [0.25, 0.3) is 0 Å². The number of aryl methyl sites for hydroxylation is 1. The van der Waals surface area contributed by atoms with Crippen molar-refractivity contribution in [3.05, 3.63) is 58.8 Å². The molecule has 0 amide bonds. The maximum Gasteiger partial charge on any atom is 0.241 e. The standard InChI is InChI=1S/C18H19N3O2S/c22-10-9-21(15-8-7-13-4-1-2-5-14(13)15)12-17-19-18(20-23-17)16-6-3-11-24-16/h1-6,11,15,22H,7-10,12H2. The summed E-state index contributed by atoms with van der Waals surface area (Å²) >= 11 is 1.60. The maximum atomic E-state index is 9.47. The number of hydrogen-bond acceptors (Lipinski definition) is 6. The van der Waals surface area contributed by atoms with Crippen molar-refractivity contribution in [1.29, 1.82) is 0 Å². The van der Waals surface area contributed by atoms with Gasteiger partial charge in [-0.3, -0.25) is 4.90 Å². The van der Waals surface area contributed by atoms with E-state index < -0.39 is 0 Å². The SMILES string of the molecule is OCCN(Cc1nc(-c2cccs2)no1)C1CCc2ccccc21. The Balaban J connectivity index is 1.54. The highest BCUT2D eigenvalue weighted by Crippen LogP contribution is 2.36. The van der Waals surface area contributed by atoms with Crippen LogP contribution in [-0.2, 0) is 13.0 Å². The van der Waals surface area contributed by atoms with Crippen LogP contribution in [0.1, 0.15) is 29.5 Å². The van der Waals surface area contributed by atoms with Gasteiger partial charge in [-0.1, -0.05) is 35.5 Å². The minimum absolute atomic E-state index is 0.116. The predicted molar refractivity (Wildman–Crippen MR) is 92.6 cm³/mol. The molecule has 6 heteroatoms. The normalized spacial score (nSPS) is 16.7. The van der Waals surface area contributed by atoms with Crippen LogP contribution < -0.4 is 0 Å². The first-order valence-corrected chi connectivity index (χ1v) is 9.02. The second-order valence-corrected chi connectivity index (χ2v) is 6.88. The monoisotopic (exact) mass is 341 g/mol. The van der Waals surface area contributed by atoms with Gasteiger partial charge in [0.15, 0.2) is 0 Å². The average Bonchev–Trinajstić information content (AvgIpc) is 3.34. The number of nitrogens with zero attached hydrogens (tertiary/aromatic N) is 3. The quantitative estimate of drug-likeness (QED) is 0.745. The summed E-state index contributed by atoms with van der Waals surface area (Å²) in [5.74, 6) is 1.23. The van der Waals surface area contributed by atoms with Crippen LogP contribution in [0.5, 0.6) is 0 Å². The third-order valence-electron chi connectivity index (χ3n) is 4.48. The molecule has 0 bridgehead atoms. The van der Waals surface area contributed by atoms with Crippen molar-refractivity contribution in [2.45, 2.75) is 25.4 Å². The summed E-state index contributed by atoms with van der Waals surface area (Å²) < 4.78 is 5.44. The third-order valence-corrected chi connectivity index (χ3v) is 5.34. The van der Waals surface area contributed by atoms with Crippen LogP contribution >= 0.6 is 11.3 Å². The number of aliphatic hydroxyl groups is 1. The van der Waals surface area contributed by atoms with Crippen LogP contribution in [0.2, 0.25) is 0 Å². The zero-order valence-corrected chi connectivity index (χ0v) is 14.1. The molecule has 1 aromatic carbocycles. The summed E-state index contributed by atoms with van der Waals surface area (Å²) in [6, 6.07) is 12.8. The van der Waals surface area contributed by atoms with Gasteiger partial charge in [-0.2, -0.15) is 4.98 Å². The van der Waals surface area contributed by atoms with Gasteiger partial charge < -0.3 is 9.63 Å². The third kappa shape index (κ3) is 3.00. The molecular formula is C18H19N3O2S. The summed E-state index contributed by atoms with van der Waals surface area (Å²) in [4.78, 5) is 7.75. The minimum Gasteiger partial charge on any atom is -0.395 e. The maximum absolute atomic E-state index is 9.47. The van der Waals surface area contributed by atoms with Gasteiger partial charge in [0.1, 0.15) is 0 Å². The Hall–Kier alpha value is -2.02. The lowest BCUT2D eigenvalue weighted by Crippen LogP contribution is -2.30. The number of aliphatic hydroxyl groups excluding tert-OH is 1. The van der Waals surface area contributed by atoms with Crippen LogP contribution in [0.25, 0.3) is 10.7 Å². The molecule has 1 unspecified atom stereocenters. The van der Waals surface area contributed by atoms with Gasteiger partial charge >= 0.3 is 0 Å². The molecule has 0 radical (unpaired) electrons. The molecule has 4 rings (SSSR count). The number of fused-ring (bicyclic) bond motifs is 1. The molecule has 1 atom stereocenters. The van der Waals surface area contributed by atoms with Gasteiger partial charge in [-0.15, -0.1) is 11.3 Å². The molecular weight excluding hydrogens is 322 g/mol. The summed E-state index contributed by atoms with van der Waals surface area (Å²) in [5.41, 5.74) is 2.75. The fourth-order valence-electron chi connectivity index (χ4n) is 3.39. The Kier molecular flexibility index (Phi) is 4.42. The van der Waals surface area contributed by atoms with E-state index in [1.54, 1.807) is 11.3 Å². The van der Waals surface area contributed by atoms with Gasteiger partial charge in [-0.25, -0.2) is 0 Å². The van der Waals surface area contributed by atoms with Crippen molar-refractivity contribution in [2.24, 2.45) is 0 Å². The molecule has 0 saturated heterocycles. The average molecular weight is 341 g/mol. The molecule has 0 fully saturated rings. The van der Waals surface area contributed by atoms with Crippen LogP contribution in [0.3, 0.4) is 0 Å². The topological polar surface area (TPSA) is 62.4 Å². The molecule has 0 saturated carbocycles. The number of thiophene rings is 1. The van der Waals surface area contributed by atoms with Crippen molar-refractivity contribution >= 4 is 11.3 Å². The Morgan fingerprint density at radius 3 is 3.00 bits per heavy atom. The first-order chi connectivity index (χ1) is 11.8. The van der Waals surface area contributed by atoms with Gasteiger partial charge in [0, 0.05) is 12.6 Å². The first-order valence-electron chi connectivity index (χ1n) is 8.14. The van der Waals surface area contributed by atoms with E-state index in [9.17, 15) is 5.11 Å². The van der Waals surface area contributed by atoms with Crippen LogP contribution in [0.4, 0.5) is 0 Å². The highest BCUT2D eigenvalue weighted by Gasteiger charge is 2.28. The number of hydrogen-bond donors (Lipinski definition) is 1. The molecule has 2 heterocycles. The molecule has 5 nitrogen and oxygen atoms in total. The smallest absolute Gasteiger partial charge is 0.241 e. The number of rotatable bonds is 6. The lowest BCUT2D eigenvalue weighted by molar-refractivity contribution is 0.128. The van der Waals surface area contributed by atoms with Crippen molar-refractivity contribution in [2.75, 3.05) is 13.2 Å². The second kappa shape index (κ2) is 6.84. The fraction of sp³-hybridized carbons (Fsp3) is 0.333. The van der Waals surface area contributed by atoms with Crippen molar-refractivity contribution in [3.63, 3.8) is 0 Å². The van der Waals surface area contributed by atoms with E-state index in [1.807, 2.05) is 17.5 Å². The Bertz CT molecular complexity index is 800.